The Balaban J connectivity index is 2.92. The fourth-order valence-corrected chi connectivity index (χ4v) is 1.93. The molecule has 2 atom stereocenters. The average molecular weight is 344 g/mol. The van der Waals surface area contributed by atoms with Crippen LogP contribution in [0, 0.1) is 0 Å². The first-order valence-electron chi connectivity index (χ1n) is 6.08. The van der Waals surface area contributed by atoms with E-state index in [-0.39, 0.29) is 6.04 Å². The van der Waals surface area contributed by atoms with Crippen LogP contribution in [-0.4, -0.2) is 25.1 Å². The fourth-order valence-electron chi connectivity index (χ4n) is 1.59. The van der Waals surface area contributed by atoms with Gasteiger partial charge in [0.05, 0.1) is 0 Å². The van der Waals surface area contributed by atoms with E-state index in [1.807, 2.05) is 31.4 Å². The van der Waals surface area contributed by atoms with E-state index in [0.29, 0.717) is 5.75 Å². The summed E-state index contributed by atoms with van der Waals surface area (Å²) in [7, 11) is 1.83. The molecule has 4 N–H and O–H groups in total. The SMILES string of the molecule is CNC(C)c1ccc(Br)cc1OC(C)C(=O)NC(N)=O. The Morgan fingerprint density at radius 2 is 2.00 bits per heavy atom. The van der Waals surface area contributed by atoms with Crippen LogP contribution in [0.2, 0.25) is 0 Å². The maximum Gasteiger partial charge on any atom is 0.318 e. The van der Waals surface area contributed by atoms with Gasteiger partial charge in [-0.05, 0) is 33.0 Å². The molecule has 0 fully saturated rings. The van der Waals surface area contributed by atoms with Crippen molar-refractivity contribution in [3.8, 4) is 5.75 Å². The zero-order valence-electron chi connectivity index (χ0n) is 11.6. The lowest BCUT2D eigenvalue weighted by Crippen LogP contribution is -2.42. The molecule has 0 radical (unpaired) electrons. The van der Waals surface area contributed by atoms with Crippen LogP contribution in [-0.2, 0) is 4.79 Å². The number of halogens is 1. The highest BCUT2D eigenvalue weighted by Gasteiger charge is 2.19. The van der Waals surface area contributed by atoms with Crippen molar-refractivity contribution in [1.82, 2.24) is 10.6 Å². The van der Waals surface area contributed by atoms with E-state index < -0.39 is 18.0 Å². The summed E-state index contributed by atoms with van der Waals surface area (Å²) < 4.78 is 6.46. The maximum absolute atomic E-state index is 11.6. The summed E-state index contributed by atoms with van der Waals surface area (Å²) in [5.41, 5.74) is 5.82. The van der Waals surface area contributed by atoms with Crippen LogP contribution in [0.4, 0.5) is 4.79 Å². The largest absolute Gasteiger partial charge is 0.480 e. The Hall–Kier alpha value is -1.60. The molecule has 1 rings (SSSR count). The van der Waals surface area contributed by atoms with E-state index in [1.165, 1.54) is 0 Å². The Kier molecular flexibility index (Phi) is 5.97. The number of imide groups is 1. The summed E-state index contributed by atoms with van der Waals surface area (Å²) in [6.07, 6.45) is -0.834. The molecular formula is C13H18BrN3O3. The molecule has 110 valence electrons. The molecule has 7 heteroatoms. The number of nitrogens with one attached hydrogen (secondary N) is 2. The molecular weight excluding hydrogens is 326 g/mol. The smallest absolute Gasteiger partial charge is 0.318 e. The molecule has 1 aromatic rings. The molecule has 0 aliphatic heterocycles. The van der Waals surface area contributed by atoms with Gasteiger partial charge in [0.2, 0.25) is 0 Å². The van der Waals surface area contributed by atoms with Gasteiger partial charge < -0.3 is 15.8 Å². The summed E-state index contributed by atoms with van der Waals surface area (Å²) in [4.78, 5) is 22.3. The fraction of sp³-hybridized carbons (Fsp3) is 0.385. The van der Waals surface area contributed by atoms with Gasteiger partial charge in [0.15, 0.2) is 6.10 Å². The molecule has 0 bridgehead atoms. The highest BCUT2D eigenvalue weighted by Crippen LogP contribution is 2.29. The number of benzene rings is 1. The van der Waals surface area contributed by atoms with Gasteiger partial charge in [-0.15, -0.1) is 0 Å². The Morgan fingerprint density at radius 1 is 1.35 bits per heavy atom. The summed E-state index contributed by atoms with van der Waals surface area (Å²) in [5, 5.41) is 5.09. The standard InChI is InChI=1S/C13H18BrN3O3/c1-7(16-3)10-5-4-9(14)6-11(10)20-8(2)12(18)17-13(15)19/h4-8,16H,1-3H3,(H3,15,17,18,19). The maximum atomic E-state index is 11.6. The highest BCUT2D eigenvalue weighted by molar-refractivity contribution is 9.10. The quantitative estimate of drug-likeness (QED) is 0.758. The van der Waals surface area contributed by atoms with Crippen LogP contribution in [0.5, 0.6) is 5.75 Å². The molecule has 0 saturated carbocycles. The van der Waals surface area contributed by atoms with Gasteiger partial charge in [0.1, 0.15) is 5.75 Å². The molecule has 6 nitrogen and oxygen atoms in total. The van der Waals surface area contributed by atoms with Gasteiger partial charge in [0, 0.05) is 16.1 Å². The highest BCUT2D eigenvalue weighted by atomic mass is 79.9. The molecule has 3 amide bonds. The van der Waals surface area contributed by atoms with Crippen molar-refractivity contribution in [2.24, 2.45) is 5.73 Å². The van der Waals surface area contributed by atoms with Crippen molar-refractivity contribution in [3.63, 3.8) is 0 Å². The summed E-state index contributed by atoms with van der Waals surface area (Å²) in [6, 6.07) is 4.73. The van der Waals surface area contributed by atoms with E-state index in [9.17, 15) is 9.59 Å². The number of hydrogen-bond acceptors (Lipinski definition) is 4. The number of ether oxygens (including phenoxy) is 1. The van der Waals surface area contributed by atoms with Crippen LogP contribution in [0.1, 0.15) is 25.5 Å². The Labute approximate surface area is 126 Å². The number of carbonyl (C=O) groups excluding carboxylic acids is 2. The van der Waals surface area contributed by atoms with Crippen LogP contribution < -0.4 is 21.1 Å². The van der Waals surface area contributed by atoms with E-state index in [1.54, 1.807) is 13.0 Å². The summed E-state index contributed by atoms with van der Waals surface area (Å²) >= 11 is 3.36. The van der Waals surface area contributed by atoms with Crippen molar-refractivity contribution in [2.75, 3.05) is 7.05 Å². The minimum Gasteiger partial charge on any atom is -0.480 e. The molecule has 20 heavy (non-hydrogen) atoms. The first-order valence-corrected chi connectivity index (χ1v) is 6.88. The zero-order valence-corrected chi connectivity index (χ0v) is 13.2. The van der Waals surface area contributed by atoms with E-state index in [2.05, 4.69) is 21.2 Å². The normalized spacial score (nSPS) is 13.4. The van der Waals surface area contributed by atoms with E-state index in [0.717, 1.165) is 10.0 Å². The second-order valence-corrected chi connectivity index (χ2v) is 5.22. The van der Waals surface area contributed by atoms with Gasteiger partial charge in [0.25, 0.3) is 5.91 Å². The number of rotatable bonds is 5. The Bertz CT molecular complexity index is 508. The monoisotopic (exact) mass is 343 g/mol. The van der Waals surface area contributed by atoms with Crippen LogP contribution in [0.15, 0.2) is 22.7 Å². The predicted octanol–water partition coefficient (Wildman–Crippen LogP) is 1.69. The molecule has 2 unspecified atom stereocenters. The van der Waals surface area contributed by atoms with Crippen molar-refractivity contribution in [3.05, 3.63) is 28.2 Å². The topological polar surface area (TPSA) is 93.4 Å². The van der Waals surface area contributed by atoms with Crippen molar-refractivity contribution >= 4 is 27.9 Å². The lowest BCUT2D eigenvalue weighted by molar-refractivity contribution is -0.126. The Morgan fingerprint density at radius 3 is 2.55 bits per heavy atom. The van der Waals surface area contributed by atoms with Gasteiger partial charge in [-0.1, -0.05) is 22.0 Å². The number of urea groups is 1. The van der Waals surface area contributed by atoms with Gasteiger partial charge in [-0.25, -0.2) is 4.79 Å². The minimum absolute atomic E-state index is 0.0597. The summed E-state index contributed by atoms with van der Waals surface area (Å²) in [5.74, 6) is -0.0196. The zero-order chi connectivity index (χ0) is 15.3. The van der Waals surface area contributed by atoms with Crippen LogP contribution in [0.3, 0.4) is 0 Å². The third kappa shape index (κ3) is 4.50. The number of primary amides is 1. The molecule has 0 aliphatic carbocycles. The molecule has 0 heterocycles. The second kappa shape index (κ2) is 7.25. The minimum atomic E-state index is -0.900. The second-order valence-electron chi connectivity index (χ2n) is 4.31. The molecule has 0 spiro atoms. The average Bonchev–Trinajstić information content (AvgIpc) is 2.37. The molecule has 0 aromatic heterocycles. The van der Waals surface area contributed by atoms with E-state index >= 15 is 0 Å². The lowest BCUT2D eigenvalue weighted by Gasteiger charge is -2.20. The van der Waals surface area contributed by atoms with Gasteiger partial charge in [-0.3, -0.25) is 10.1 Å². The molecule has 0 saturated heterocycles. The third-order valence-corrected chi connectivity index (χ3v) is 3.29. The predicted molar refractivity (Wildman–Crippen MR) is 79.4 cm³/mol. The molecule has 1 aromatic carbocycles. The van der Waals surface area contributed by atoms with Crippen LogP contribution >= 0.6 is 15.9 Å². The van der Waals surface area contributed by atoms with Gasteiger partial charge in [-0.2, -0.15) is 0 Å². The van der Waals surface area contributed by atoms with Crippen molar-refractivity contribution in [2.45, 2.75) is 26.0 Å². The lowest BCUT2D eigenvalue weighted by atomic mass is 10.1. The van der Waals surface area contributed by atoms with Crippen molar-refractivity contribution < 1.29 is 14.3 Å². The number of carbonyl (C=O) groups is 2. The first kappa shape index (κ1) is 16.5. The first-order chi connectivity index (χ1) is 9.35. The third-order valence-electron chi connectivity index (χ3n) is 2.79. The number of amides is 3. The van der Waals surface area contributed by atoms with Crippen LogP contribution in [0.25, 0.3) is 0 Å². The number of hydrogen-bond donors (Lipinski definition) is 3. The van der Waals surface area contributed by atoms with Crippen molar-refractivity contribution in [1.29, 1.82) is 0 Å². The molecule has 0 aliphatic rings. The van der Waals surface area contributed by atoms with Gasteiger partial charge >= 0.3 is 6.03 Å². The summed E-state index contributed by atoms with van der Waals surface area (Å²) in [6.45, 7) is 3.53. The van der Waals surface area contributed by atoms with E-state index in [4.69, 9.17) is 10.5 Å². The number of nitrogens with two attached hydrogens (primary N) is 1.